The summed E-state index contributed by atoms with van der Waals surface area (Å²) in [5.74, 6) is -0.0521. The molecule has 1 aromatic heterocycles. The van der Waals surface area contributed by atoms with Crippen molar-refractivity contribution in [2.24, 2.45) is 0 Å². The fourth-order valence-corrected chi connectivity index (χ4v) is 2.53. The number of nitro benzene ring substituents is 1. The Morgan fingerprint density at radius 1 is 1.38 bits per heavy atom. The van der Waals surface area contributed by atoms with E-state index in [1.165, 1.54) is 6.07 Å². The lowest BCUT2D eigenvalue weighted by atomic mass is 10.1. The van der Waals surface area contributed by atoms with E-state index in [1.807, 2.05) is 0 Å². The first-order valence-electron chi connectivity index (χ1n) is 6.73. The highest BCUT2D eigenvalue weighted by Gasteiger charge is 2.23. The molecule has 1 unspecified atom stereocenters. The summed E-state index contributed by atoms with van der Waals surface area (Å²) in [4.78, 5) is 26.7. The molecule has 1 fully saturated rings. The summed E-state index contributed by atoms with van der Waals surface area (Å²) in [6, 6.07) is 6.03. The molecule has 7 heteroatoms. The fraction of sp³-hybridized carbons (Fsp3) is 0.286. The van der Waals surface area contributed by atoms with E-state index in [0.717, 1.165) is 12.8 Å². The topological polar surface area (TPSA) is 97.2 Å². The summed E-state index contributed by atoms with van der Waals surface area (Å²) in [6.07, 6.45) is 3.22. The van der Waals surface area contributed by atoms with E-state index in [9.17, 15) is 14.9 Å². The predicted molar refractivity (Wildman–Crippen MR) is 78.1 cm³/mol. The van der Waals surface area contributed by atoms with Crippen molar-refractivity contribution >= 4 is 28.2 Å². The molecule has 0 saturated carbocycles. The molecule has 0 bridgehead atoms. The Bertz CT molecular complexity index is 716. The quantitative estimate of drug-likeness (QED) is 0.662. The smallest absolute Gasteiger partial charge is 0.278 e. The van der Waals surface area contributed by atoms with Crippen LogP contribution in [-0.2, 0) is 4.79 Å². The van der Waals surface area contributed by atoms with Crippen molar-refractivity contribution in [1.29, 1.82) is 0 Å². The summed E-state index contributed by atoms with van der Waals surface area (Å²) >= 11 is 0. The van der Waals surface area contributed by atoms with E-state index in [0.29, 0.717) is 23.1 Å². The molecule has 3 rings (SSSR count). The minimum Gasteiger partial charge on any atom is -0.372 e. The second-order valence-corrected chi connectivity index (χ2v) is 4.92. The molecule has 2 aromatic rings. The minimum absolute atomic E-state index is 0.0109. The first-order valence-corrected chi connectivity index (χ1v) is 6.73. The van der Waals surface area contributed by atoms with Crippen molar-refractivity contribution in [2.75, 3.05) is 11.9 Å². The number of nitro groups is 1. The Morgan fingerprint density at radius 2 is 2.24 bits per heavy atom. The molecule has 1 aliphatic heterocycles. The van der Waals surface area contributed by atoms with Crippen molar-refractivity contribution in [3.8, 4) is 0 Å². The minimum atomic E-state index is -0.429. The number of carbonyl (C=O) groups is 1. The maximum Gasteiger partial charge on any atom is 0.278 e. The van der Waals surface area contributed by atoms with Gasteiger partial charge in [0.2, 0.25) is 5.91 Å². The van der Waals surface area contributed by atoms with E-state index in [2.05, 4.69) is 15.6 Å². The highest BCUT2D eigenvalue weighted by atomic mass is 16.6. The number of pyridine rings is 1. The maximum atomic E-state index is 11.8. The Morgan fingerprint density at radius 3 is 3.00 bits per heavy atom. The van der Waals surface area contributed by atoms with Crippen molar-refractivity contribution < 1.29 is 9.72 Å². The van der Waals surface area contributed by atoms with Crippen LogP contribution in [0.3, 0.4) is 0 Å². The number of nitrogens with zero attached hydrogens (tertiary/aromatic N) is 2. The molecule has 1 aromatic carbocycles. The number of benzene rings is 1. The van der Waals surface area contributed by atoms with Gasteiger partial charge >= 0.3 is 0 Å². The number of aromatic nitrogens is 1. The molecule has 1 saturated heterocycles. The van der Waals surface area contributed by atoms with Gasteiger partial charge in [-0.05, 0) is 31.0 Å². The van der Waals surface area contributed by atoms with Crippen LogP contribution < -0.4 is 10.6 Å². The van der Waals surface area contributed by atoms with E-state index in [1.54, 1.807) is 24.4 Å². The fourth-order valence-electron chi connectivity index (χ4n) is 2.53. The lowest BCUT2D eigenvalue weighted by molar-refractivity contribution is -0.383. The zero-order chi connectivity index (χ0) is 14.8. The Hall–Kier alpha value is -2.70. The van der Waals surface area contributed by atoms with Gasteiger partial charge in [0.25, 0.3) is 5.69 Å². The van der Waals surface area contributed by atoms with Crippen LogP contribution in [0, 0.1) is 10.1 Å². The van der Waals surface area contributed by atoms with Crippen molar-refractivity contribution in [1.82, 2.24) is 10.3 Å². The number of nitrogens with one attached hydrogen (secondary N) is 2. The highest BCUT2D eigenvalue weighted by molar-refractivity contribution is 5.98. The summed E-state index contributed by atoms with van der Waals surface area (Å²) in [7, 11) is 0. The number of carbonyl (C=O) groups excluding carboxylic acids is 1. The predicted octanol–water partition coefficient (Wildman–Crippen LogP) is 1.83. The molecular formula is C14H14N4O3. The van der Waals surface area contributed by atoms with Crippen LogP contribution in [-0.4, -0.2) is 28.4 Å². The van der Waals surface area contributed by atoms with E-state index < -0.39 is 4.92 Å². The SMILES string of the molecule is O=C1NCCCC1Nc1ccc([N+](=O)[O-])c2cccnc12. The summed E-state index contributed by atoms with van der Waals surface area (Å²) in [5, 5.41) is 17.5. The molecular weight excluding hydrogens is 272 g/mol. The van der Waals surface area contributed by atoms with E-state index in [4.69, 9.17) is 0 Å². The van der Waals surface area contributed by atoms with Crippen LogP contribution in [0.15, 0.2) is 30.5 Å². The average molecular weight is 286 g/mol. The molecule has 2 N–H and O–H groups in total. The number of rotatable bonds is 3. The van der Waals surface area contributed by atoms with Gasteiger partial charge in [-0.3, -0.25) is 19.9 Å². The molecule has 108 valence electrons. The van der Waals surface area contributed by atoms with Crippen molar-refractivity contribution in [3.63, 3.8) is 0 Å². The van der Waals surface area contributed by atoms with Gasteiger partial charge in [-0.25, -0.2) is 0 Å². The molecule has 1 aliphatic rings. The second kappa shape index (κ2) is 5.35. The zero-order valence-electron chi connectivity index (χ0n) is 11.2. The first kappa shape index (κ1) is 13.3. The molecule has 7 nitrogen and oxygen atoms in total. The third-order valence-electron chi connectivity index (χ3n) is 3.56. The van der Waals surface area contributed by atoms with Gasteiger partial charge in [-0.2, -0.15) is 0 Å². The van der Waals surface area contributed by atoms with Gasteiger partial charge in [0.1, 0.15) is 11.6 Å². The third-order valence-corrected chi connectivity index (χ3v) is 3.56. The third kappa shape index (κ3) is 2.49. The lowest BCUT2D eigenvalue weighted by Gasteiger charge is -2.24. The highest BCUT2D eigenvalue weighted by Crippen LogP contribution is 2.30. The molecule has 2 heterocycles. The monoisotopic (exact) mass is 286 g/mol. The molecule has 0 radical (unpaired) electrons. The van der Waals surface area contributed by atoms with Crippen LogP contribution in [0.5, 0.6) is 0 Å². The summed E-state index contributed by atoms with van der Waals surface area (Å²) < 4.78 is 0. The number of amides is 1. The molecule has 1 atom stereocenters. The van der Waals surface area contributed by atoms with Gasteiger partial charge in [-0.15, -0.1) is 0 Å². The number of non-ortho nitro benzene ring substituents is 1. The van der Waals surface area contributed by atoms with Gasteiger partial charge in [0, 0.05) is 18.8 Å². The van der Waals surface area contributed by atoms with Crippen LogP contribution in [0.4, 0.5) is 11.4 Å². The Balaban J connectivity index is 2.01. The Kier molecular flexibility index (Phi) is 3.39. The van der Waals surface area contributed by atoms with Crippen LogP contribution in [0.1, 0.15) is 12.8 Å². The van der Waals surface area contributed by atoms with Crippen LogP contribution in [0.2, 0.25) is 0 Å². The average Bonchev–Trinajstić information content (AvgIpc) is 2.49. The van der Waals surface area contributed by atoms with Gasteiger partial charge in [0.15, 0.2) is 0 Å². The summed E-state index contributed by atoms with van der Waals surface area (Å²) in [5.41, 5.74) is 1.15. The van der Waals surface area contributed by atoms with Crippen molar-refractivity contribution in [3.05, 3.63) is 40.6 Å². The molecule has 0 aliphatic carbocycles. The van der Waals surface area contributed by atoms with Crippen LogP contribution in [0.25, 0.3) is 10.9 Å². The zero-order valence-corrected chi connectivity index (χ0v) is 11.2. The summed E-state index contributed by atoms with van der Waals surface area (Å²) in [6.45, 7) is 0.691. The van der Waals surface area contributed by atoms with E-state index in [-0.39, 0.29) is 17.6 Å². The van der Waals surface area contributed by atoms with Gasteiger partial charge in [-0.1, -0.05) is 0 Å². The number of anilines is 1. The Labute approximate surface area is 120 Å². The normalized spacial score (nSPS) is 18.3. The number of fused-ring (bicyclic) bond motifs is 1. The molecule has 21 heavy (non-hydrogen) atoms. The standard InChI is InChI=1S/C14H14N4O3/c19-14-11(4-2-8-16-14)17-10-5-6-12(18(20)21)9-3-1-7-15-13(9)10/h1,3,5-7,11,17H,2,4,8H2,(H,16,19). The van der Waals surface area contributed by atoms with Crippen molar-refractivity contribution in [2.45, 2.75) is 18.9 Å². The maximum absolute atomic E-state index is 11.8. The van der Waals surface area contributed by atoms with Crippen LogP contribution >= 0.6 is 0 Å². The second-order valence-electron chi connectivity index (χ2n) is 4.92. The number of hydrogen-bond donors (Lipinski definition) is 2. The lowest BCUT2D eigenvalue weighted by Crippen LogP contribution is -2.44. The molecule has 1 amide bonds. The van der Waals surface area contributed by atoms with Gasteiger partial charge < -0.3 is 10.6 Å². The van der Waals surface area contributed by atoms with Gasteiger partial charge in [0.05, 0.1) is 16.0 Å². The number of piperidine rings is 1. The largest absolute Gasteiger partial charge is 0.372 e. The molecule has 0 spiro atoms. The number of hydrogen-bond acceptors (Lipinski definition) is 5. The first-order chi connectivity index (χ1) is 10.2. The van der Waals surface area contributed by atoms with E-state index >= 15 is 0 Å².